The van der Waals surface area contributed by atoms with Gasteiger partial charge in [-0.3, -0.25) is 9.63 Å². The van der Waals surface area contributed by atoms with E-state index in [1.54, 1.807) is 12.0 Å². The number of fused-ring (bicyclic) bond motifs is 1. The van der Waals surface area contributed by atoms with Gasteiger partial charge in [-0.05, 0) is 43.7 Å². The number of aliphatic hydroxyl groups excluding tert-OH is 1. The predicted octanol–water partition coefficient (Wildman–Crippen LogP) is 2.43. The Balaban J connectivity index is 1.45. The number of esters is 1. The second kappa shape index (κ2) is 7.76. The van der Waals surface area contributed by atoms with Crippen molar-refractivity contribution in [3.05, 3.63) is 70.8 Å². The Kier molecular flexibility index (Phi) is 5.19. The largest absolute Gasteiger partial charge is 0.464 e. The fourth-order valence-electron chi connectivity index (χ4n) is 3.67. The molecule has 2 unspecified atom stereocenters. The summed E-state index contributed by atoms with van der Waals surface area (Å²) in [7, 11) is 0. The summed E-state index contributed by atoms with van der Waals surface area (Å²) in [6.45, 7) is 4.47. The smallest absolute Gasteiger partial charge is 0.326 e. The van der Waals surface area contributed by atoms with Gasteiger partial charge >= 0.3 is 5.97 Å². The first-order valence-electron chi connectivity index (χ1n) is 9.47. The van der Waals surface area contributed by atoms with Gasteiger partial charge in [-0.25, -0.2) is 0 Å². The van der Waals surface area contributed by atoms with Gasteiger partial charge in [-0.1, -0.05) is 41.7 Å². The number of ether oxygens (including phenoxy) is 1. The van der Waals surface area contributed by atoms with Crippen molar-refractivity contribution in [3.63, 3.8) is 0 Å². The summed E-state index contributed by atoms with van der Waals surface area (Å²) in [5.41, 5.74) is 4.12. The molecule has 2 aliphatic rings. The van der Waals surface area contributed by atoms with Gasteiger partial charge in [0.1, 0.15) is 12.1 Å². The van der Waals surface area contributed by atoms with Gasteiger partial charge in [-0.2, -0.15) is 5.06 Å². The van der Waals surface area contributed by atoms with Gasteiger partial charge in [0.25, 0.3) is 0 Å². The van der Waals surface area contributed by atoms with E-state index in [-0.39, 0.29) is 11.9 Å². The highest BCUT2D eigenvalue weighted by Gasteiger charge is 2.54. The first-order chi connectivity index (χ1) is 13.5. The summed E-state index contributed by atoms with van der Waals surface area (Å²) < 4.78 is 5.18. The molecule has 0 aliphatic carbocycles. The van der Waals surface area contributed by atoms with Crippen LogP contribution in [0, 0.1) is 24.7 Å². The van der Waals surface area contributed by atoms with E-state index in [4.69, 9.17) is 9.57 Å². The number of aryl methyl sites for hydroxylation is 1. The van der Waals surface area contributed by atoms with E-state index in [0.29, 0.717) is 13.2 Å². The Bertz CT molecular complexity index is 908. The Morgan fingerprint density at radius 2 is 1.71 bits per heavy atom. The van der Waals surface area contributed by atoms with E-state index < -0.39 is 18.2 Å². The van der Waals surface area contributed by atoms with Gasteiger partial charge in [0, 0.05) is 11.1 Å². The Hall–Kier alpha value is -2.65. The zero-order chi connectivity index (χ0) is 19.7. The minimum absolute atomic E-state index is 0.132. The van der Waals surface area contributed by atoms with E-state index in [9.17, 15) is 9.90 Å². The molecule has 0 saturated carbocycles. The molecular weight excluding hydrogens is 354 g/mol. The quantitative estimate of drug-likeness (QED) is 0.658. The first-order valence-corrected chi connectivity index (χ1v) is 9.47. The Morgan fingerprint density at radius 1 is 1.11 bits per heavy atom. The highest BCUT2D eigenvalue weighted by atomic mass is 16.7. The lowest BCUT2D eigenvalue weighted by atomic mass is 9.95. The number of aliphatic hydroxyl groups is 1. The maximum atomic E-state index is 12.1. The second-order valence-electron chi connectivity index (χ2n) is 7.44. The van der Waals surface area contributed by atoms with Crippen LogP contribution in [-0.4, -0.2) is 41.0 Å². The molecule has 144 valence electrons. The van der Waals surface area contributed by atoms with Gasteiger partial charge in [0.05, 0.1) is 25.2 Å². The maximum Gasteiger partial charge on any atom is 0.326 e. The van der Waals surface area contributed by atoms with Crippen molar-refractivity contribution in [2.45, 2.75) is 38.6 Å². The van der Waals surface area contributed by atoms with Crippen molar-refractivity contribution in [2.24, 2.45) is 5.92 Å². The standard InChI is InChI=1S/C23H23NO4/c1-15-3-5-17(6-4-15)7-8-18-9-11-19(12-10-18)13-24-21-20(14-27-23(21)26)22(28-24)16(2)25/h3-6,9-12,16,20-22,25H,13-14H2,1-2H3/t16?,20-,21-,22?/m0/s1. The molecule has 0 radical (unpaired) electrons. The van der Waals surface area contributed by atoms with Crippen molar-refractivity contribution >= 4 is 5.97 Å². The fraction of sp³-hybridized carbons (Fsp3) is 0.348. The van der Waals surface area contributed by atoms with Gasteiger partial charge in [0.15, 0.2) is 0 Å². The fourth-order valence-corrected chi connectivity index (χ4v) is 3.67. The van der Waals surface area contributed by atoms with Crippen LogP contribution in [-0.2, 0) is 20.9 Å². The van der Waals surface area contributed by atoms with Crippen molar-refractivity contribution in [1.29, 1.82) is 0 Å². The minimum atomic E-state index is -0.661. The Labute approximate surface area is 164 Å². The predicted molar refractivity (Wildman–Crippen MR) is 104 cm³/mol. The molecule has 2 saturated heterocycles. The van der Waals surface area contributed by atoms with Crippen LogP contribution >= 0.6 is 0 Å². The number of carbonyl (C=O) groups is 1. The monoisotopic (exact) mass is 377 g/mol. The van der Waals surface area contributed by atoms with E-state index >= 15 is 0 Å². The molecule has 2 aromatic rings. The van der Waals surface area contributed by atoms with Crippen LogP contribution in [0.4, 0.5) is 0 Å². The van der Waals surface area contributed by atoms with Gasteiger partial charge < -0.3 is 9.84 Å². The summed E-state index contributed by atoms with van der Waals surface area (Å²) in [6, 6.07) is 15.5. The number of benzene rings is 2. The minimum Gasteiger partial charge on any atom is -0.464 e. The number of nitrogens with zero attached hydrogens (tertiary/aromatic N) is 1. The number of cyclic esters (lactones) is 1. The average Bonchev–Trinajstić information content (AvgIpc) is 3.24. The summed E-state index contributed by atoms with van der Waals surface area (Å²) in [6.07, 6.45) is -1.08. The molecule has 2 fully saturated rings. The zero-order valence-electron chi connectivity index (χ0n) is 16.0. The van der Waals surface area contributed by atoms with Gasteiger partial charge in [0.2, 0.25) is 0 Å². The lowest BCUT2D eigenvalue weighted by Crippen LogP contribution is -2.35. The van der Waals surface area contributed by atoms with E-state index in [0.717, 1.165) is 16.7 Å². The SMILES string of the molecule is Cc1ccc(C#Cc2ccc(CN3OC(C(C)O)[C@H]4COC(=O)[C@H]43)cc2)cc1. The molecule has 0 bridgehead atoms. The molecular formula is C23H23NO4. The summed E-state index contributed by atoms with van der Waals surface area (Å²) in [4.78, 5) is 17.9. The highest BCUT2D eigenvalue weighted by molar-refractivity contribution is 5.78. The molecule has 2 aromatic carbocycles. The molecule has 2 heterocycles. The molecule has 0 amide bonds. The van der Waals surface area contributed by atoms with Crippen LogP contribution in [0.15, 0.2) is 48.5 Å². The lowest BCUT2D eigenvalue weighted by molar-refractivity contribution is -0.202. The van der Waals surface area contributed by atoms with E-state index in [1.165, 1.54) is 5.56 Å². The first kappa shape index (κ1) is 18.7. The molecule has 4 rings (SSSR count). The normalized spacial score (nSPS) is 25.0. The number of hydrogen-bond acceptors (Lipinski definition) is 5. The number of hydrogen-bond donors (Lipinski definition) is 1. The van der Waals surface area contributed by atoms with Crippen molar-refractivity contribution in [3.8, 4) is 11.8 Å². The van der Waals surface area contributed by atoms with Crippen LogP contribution in [0.25, 0.3) is 0 Å². The molecule has 1 N–H and O–H groups in total. The summed E-state index contributed by atoms with van der Waals surface area (Å²) in [5, 5.41) is 11.6. The third kappa shape index (κ3) is 3.81. The Morgan fingerprint density at radius 3 is 2.32 bits per heavy atom. The molecule has 4 atom stereocenters. The molecule has 5 heteroatoms. The van der Waals surface area contributed by atoms with Crippen LogP contribution in [0.2, 0.25) is 0 Å². The molecule has 28 heavy (non-hydrogen) atoms. The van der Waals surface area contributed by atoms with Crippen LogP contribution in [0.3, 0.4) is 0 Å². The summed E-state index contributed by atoms with van der Waals surface area (Å²) in [5.74, 6) is 5.91. The highest BCUT2D eigenvalue weighted by Crippen LogP contribution is 2.36. The van der Waals surface area contributed by atoms with E-state index in [1.807, 2.05) is 48.5 Å². The van der Waals surface area contributed by atoms with Crippen LogP contribution < -0.4 is 0 Å². The van der Waals surface area contributed by atoms with Gasteiger partial charge in [-0.15, -0.1) is 0 Å². The molecule has 5 nitrogen and oxygen atoms in total. The van der Waals surface area contributed by atoms with E-state index in [2.05, 4.69) is 18.8 Å². The lowest BCUT2D eigenvalue weighted by Gasteiger charge is -2.21. The average molecular weight is 377 g/mol. The van der Waals surface area contributed by atoms with Crippen molar-refractivity contribution in [2.75, 3.05) is 6.61 Å². The summed E-state index contributed by atoms with van der Waals surface area (Å²) >= 11 is 0. The molecule has 0 aromatic heterocycles. The topological polar surface area (TPSA) is 59.0 Å². The van der Waals surface area contributed by atoms with Crippen LogP contribution in [0.1, 0.15) is 29.2 Å². The third-order valence-corrected chi connectivity index (χ3v) is 5.22. The number of hydroxylamine groups is 2. The van der Waals surface area contributed by atoms with Crippen LogP contribution in [0.5, 0.6) is 0 Å². The zero-order valence-corrected chi connectivity index (χ0v) is 16.0. The molecule has 2 aliphatic heterocycles. The number of carbonyl (C=O) groups excluding carboxylic acids is 1. The number of rotatable bonds is 3. The van der Waals surface area contributed by atoms with Crippen molar-refractivity contribution in [1.82, 2.24) is 5.06 Å². The third-order valence-electron chi connectivity index (χ3n) is 5.22. The maximum absolute atomic E-state index is 12.1. The molecule has 0 spiro atoms. The second-order valence-corrected chi connectivity index (χ2v) is 7.44. The van der Waals surface area contributed by atoms with Crippen molar-refractivity contribution < 1.29 is 19.5 Å².